The van der Waals surface area contributed by atoms with Gasteiger partial charge in [0.15, 0.2) is 0 Å². The highest BCUT2D eigenvalue weighted by Crippen LogP contribution is 2.27. The number of thiophene rings is 1. The summed E-state index contributed by atoms with van der Waals surface area (Å²) in [7, 11) is 1.91. The van der Waals surface area contributed by atoms with Gasteiger partial charge in [0.25, 0.3) is 0 Å². The predicted molar refractivity (Wildman–Crippen MR) is 70.0 cm³/mol. The van der Waals surface area contributed by atoms with Crippen LogP contribution in [0.25, 0.3) is 15.9 Å². The van der Waals surface area contributed by atoms with E-state index in [0.717, 1.165) is 22.4 Å². The van der Waals surface area contributed by atoms with E-state index in [1.807, 2.05) is 31.4 Å². The topological polar surface area (TPSA) is 38.6 Å². The van der Waals surface area contributed by atoms with Crippen molar-refractivity contribution in [1.29, 1.82) is 0 Å². The van der Waals surface area contributed by atoms with E-state index in [4.69, 9.17) is 4.74 Å². The summed E-state index contributed by atoms with van der Waals surface area (Å²) in [5.74, 6) is 0.705. The fourth-order valence-corrected chi connectivity index (χ4v) is 2.65. The van der Waals surface area contributed by atoms with Crippen molar-refractivity contribution in [3.8, 4) is 5.88 Å². The number of hydrogen-bond acceptors (Lipinski definition) is 4. The highest BCUT2D eigenvalue weighted by atomic mass is 32.1. The molecule has 0 aliphatic heterocycles. The van der Waals surface area contributed by atoms with Gasteiger partial charge < -0.3 is 14.5 Å². The minimum atomic E-state index is 0.625. The van der Waals surface area contributed by atoms with Crippen LogP contribution in [0.5, 0.6) is 5.88 Å². The normalized spacial score (nSPS) is 11.4. The van der Waals surface area contributed by atoms with E-state index in [9.17, 15) is 0 Å². The number of ether oxygens (including phenoxy) is 1. The van der Waals surface area contributed by atoms with Crippen LogP contribution < -0.4 is 10.1 Å². The molecule has 0 aliphatic rings. The zero-order chi connectivity index (χ0) is 11.7. The third-order valence-corrected chi connectivity index (χ3v) is 3.53. The molecule has 0 unspecified atom stereocenters. The molecular weight excluding hydrogens is 234 g/mol. The molecular formula is C12H13N3OS. The Balaban J connectivity index is 2.09. The van der Waals surface area contributed by atoms with E-state index < -0.39 is 0 Å². The van der Waals surface area contributed by atoms with Crippen LogP contribution in [0.3, 0.4) is 0 Å². The van der Waals surface area contributed by atoms with E-state index in [0.29, 0.717) is 12.5 Å². The molecule has 88 valence electrons. The summed E-state index contributed by atoms with van der Waals surface area (Å²) in [5.41, 5.74) is 2.01. The zero-order valence-electron chi connectivity index (χ0n) is 9.51. The molecule has 3 aromatic heterocycles. The van der Waals surface area contributed by atoms with Gasteiger partial charge >= 0.3 is 0 Å². The minimum absolute atomic E-state index is 0.625. The monoisotopic (exact) mass is 247 g/mol. The molecule has 0 bridgehead atoms. The average Bonchev–Trinajstić information content (AvgIpc) is 2.96. The van der Waals surface area contributed by atoms with Crippen LogP contribution in [-0.2, 0) is 0 Å². The highest BCUT2D eigenvalue weighted by molar-refractivity contribution is 7.16. The molecule has 3 rings (SSSR count). The lowest BCUT2D eigenvalue weighted by atomic mass is 10.4. The summed E-state index contributed by atoms with van der Waals surface area (Å²) in [4.78, 5) is 5.71. The molecule has 0 aromatic carbocycles. The van der Waals surface area contributed by atoms with Gasteiger partial charge in [-0.05, 0) is 30.6 Å². The summed E-state index contributed by atoms with van der Waals surface area (Å²) < 4.78 is 7.83. The Labute approximate surface area is 103 Å². The van der Waals surface area contributed by atoms with Gasteiger partial charge in [-0.15, -0.1) is 11.3 Å². The van der Waals surface area contributed by atoms with Gasteiger partial charge in [-0.2, -0.15) is 0 Å². The van der Waals surface area contributed by atoms with E-state index >= 15 is 0 Å². The largest absolute Gasteiger partial charge is 0.475 e. The van der Waals surface area contributed by atoms with Gasteiger partial charge in [0.1, 0.15) is 22.5 Å². The Bertz CT molecular complexity index is 643. The first-order valence-electron chi connectivity index (χ1n) is 5.52. The third-order valence-electron chi connectivity index (χ3n) is 2.62. The smallest absolute Gasteiger partial charge is 0.239 e. The first-order valence-corrected chi connectivity index (χ1v) is 6.40. The molecule has 0 radical (unpaired) electrons. The van der Waals surface area contributed by atoms with Crippen LogP contribution in [0.1, 0.15) is 0 Å². The number of nitrogens with one attached hydrogen (secondary N) is 1. The molecule has 3 aromatic rings. The van der Waals surface area contributed by atoms with Crippen LogP contribution in [0.4, 0.5) is 0 Å². The number of rotatable bonds is 4. The summed E-state index contributed by atoms with van der Waals surface area (Å²) in [5, 5.41) is 5.10. The first kappa shape index (κ1) is 10.6. The SMILES string of the molecule is CNCCOc1nc2ccsc2n2cccc12. The molecule has 0 saturated heterocycles. The van der Waals surface area contributed by atoms with Crippen molar-refractivity contribution in [1.82, 2.24) is 14.7 Å². The molecule has 0 saturated carbocycles. The molecule has 0 aliphatic carbocycles. The van der Waals surface area contributed by atoms with Crippen molar-refractivity contribution in [2.24, 2.45) is 0 Å². The standard InChI is InChI=1S/C12H13N3OS/c1-13-5-7-16-11-10-3-2-6-15(10)12-9(14-11)4-8-17-12/h2-4,6,8,13H,5,7H2,1H3. The quantitative estimate of drug-likeness (QED) is 0.718. The number of hydrogen-bond donors (Lipinski definition) is 1. The van der Waals surface area contributed by atoms with E-state index in [-0.39, 0.29) is 0 Å². The number of nitrogens with zero attached hydrogens (tertiary/aromatic N) is 2. The average molecular weight is 247 g/mol. The van der Waals surface area contributed by atoms with Crippen molar-refractivity contribution >= 4 is 27.2 Å². The lowest BCUT2D eigenvalue weighted by Crippen LogP contribution is -2.16. The molecule has 0 atom stereocenters. The van der Waals surface area contributed by atoms with Crippen LogP contribution in [-0.4, -0.2) is 29.6 Å². The maximum atomic E-state index is 5.71. The first-order chi connectivity index (χ1) is 8.40. The molecule has 5 heteroatoms. The van der Waals surface area contributed by atoms with Crippen LogP contribution in [0.2, 0.25) is 0 Å². The minimum Gasteiger partial charge on any atom is -0.475 e. The van der Waals surface area contributed by atoms with Crippen molar-refractivity contribution in [2.75, 3.05) is 20.2 Å². The van der Waals surface area contributed by atoms with Crippen molar-refractivity contribution in [2.45, 2.75) is 0 Å². The fourth-order valence-electron chi connectivity index (χ4n) is 1.81. The molecule has 1 N–H and O–H groups in total. The second-order valence-corrected chi connectivity index (χ2v) is 4.64. The fraction of sp³-hybridized carbons (Fsp3) is 0.250. The Morgan fingerprint density at radius 2 is 2.41 bits per heavy atom. The van der Waals surface area contributed by atoms with Crippen LogP contribution in [0.15, 0.2) is 29.8 Å². The van der Waals surface area contributed by atoms with E-state index in [1.54, 1.807) is 11.3 Å². The number of fused-ring (bicyclic) bond motifs is 3. The van der Waals surface area contributed by atoms with Gasteiger partial charge in [-0.25, -0.2) is 4.98 Å². The second-order valence-electron chi connectivity index (χ2n) is 3.74. The molecule has 4 nitrogen and oxygen atoms in total. The Hall–Kier alpha value is -1.59. The lowest BCUT2D eigenvalue weighted by Gasteiger charge is -2.07. The number of aromatic nitrogens is 2. The van der Waals surface area contributed by atoms with Gasteiger partial charge in [-0.3, -0.25) is 0 Å². The molecule has 0 spiro atoms. The Kier molecular flexibility index (Phi) is 2.70. The molecule has 0 fully saturated rings. The Morgan fingerprint density at radius 3 is 3.29 bits per heavy atom. The van der Waals surface area contributed by atoms with Gasteiger partial charge in [0.05, 0.1) is 0 Å². The van der Waals surface area contributed by atoms with E-state index in [1.165, 1.54) is 0 Å². The highest BCUT2D eigenvalue weighted by Gasteiger charge is 2.09. The van der Waals surface area contributed by atoms with Gasteiger partial charge in [0, 0.05) is 12.7 Å². The van der Waals surface area contributed by atoms with Gasteiger partial charge in [0.2, 0.25) is 5.88 Å². The van der Waals surface area contributed by atoms with Crippen LogP contribution >= 0.6 is 11.3 Å². The summed E-state index contributed by atoms with van der Waals surface area (Å²) in [6.07, 6.45) is 2.04. The van der Waals surface area contributed by atoms with Crippen molar-refractivity contribution in [3.63, 3.8) is 0 Å². The maximum Gasteiger partial charge on any atom is 0.239 e. The maximum absolute atomic E-state index is 5.71. The van der Waals surface area contributed by atoms with E-state index in [2.05, 4.69) is 20.1 Å². The zero-order valence-corrected chi connectivity index (χ0v) is 10.3. The summed E-state index contributed by atoms with van der Waals surface area (Å²) >= 11 is 1.69. The molecule has 17 heavy (non-hydrogen) atoms. The van der Waals surface area contributed by atoms with Crippen molar-refractivity contribution < 1.29 is 4.74 Å². The Morgan fingerprint density at radius 1 is 1.47 bits per heavy atom. The lowest BCUT2D eigenvalue weighted by molar-refractivity contribution is 0.310. The predicted octanol–water partition coefficient (Wildman–Crippen LogP) is 2.15. The van der Waals surface area contributed by atoms with Crippen molar-refractivity contribution in [3.05, 3.63) is 29.8 Å². The molecule has 0 amide bonds. The summed E-state index contributed by atoms with van der Waals surface area (Å²) in [6.45, 7) is 1.44. The summed E-state index contributed by atoms with van der Waals surface area (Å²) in [6, 6.07) is 6.06. The third kappa shape index (κ3) is 1.77. The molecule has 3 heterocycles. The van der Waals surface area contributed by atoms with Crippen LogP contribution in [0, 0.1) is 0 Å². The second kappa shape index (κ2) is 4.35. The van der Waals surface area contributed by atoms with Gasteiger partial charge in [-0.1, -0.05) is 0 Å². The number of likely N-dealkylation sites (N-methyl/N-ethyl adjacent to an activating group) is 1.